The van der Waals surface area contributed by atoms with Crippen LogP contribution in [0.4, 0.5) is 14.9 Å². The smallest absolute Gasteiger partial charge is 0.322 e. The lowest BCUT2D eigenvalue weighted by Crippen LogP contribution is -2.53. The molecule has 2 amide bonds. The summed E-state index contributed by atoms with van der Waals surface area (Å²) in [4.78, 5) is 14.1. The van der Waals surface area contributed by atoms with E-state index in [9.17, 15) is 9.18 Å². The van der Waals surface area contributed by atoms with Crippen LogP contribution in [0.2, 0.25) is 0 Å². The van der Waals surface area contributed by atoms with Crippen LogP contribution >= 0.6 is 0 Å². The number of carbonyl (C=O) groups excluding carboxylic acids is 1. The maximum absolute atomic E-state index is 13.0. The number of benzene rings is 2. The Kier molecular flexibility index (Phi) is 5.66. The average Bonchev–Trinajstić information content (AvgIpc) is 2.64. The van der Waals surface area contributed by atoms with E-state index < -0.39 is 0 Å². The summed E-state index contributed by atoms with van der Waals surface area (Å²) in [5.41, 5.74) is 2.00. The van der Waals surface area contributed by atoms with E-state index in [1.54, 1.807) is 11.9 Å². The van der Waals surface area contributed by atoms with Gasteiger partial charge in [0.05, 0.1) is 6.17 Å². The number of carbonyl (C=O) groups is 1. The van der Waals surface area contributed by atoms with Crippen LogP contribution in [0.15, 0.2) is 54.6 Å². The van der Waals surface area contributed by atoms with Crippen molar-refractivity contribution in [1.82, 2.24) is 10.6 Å². The van der Waals surface area contributed by atoms with Crippen molar-refractivity contribution < 1.29 is 9.18 Å². The molecule has 3 rings (SSSR count). The Morgan fingerprint density at radius 3 is 2.64 bits per heavy atom. The molecule has 0 aliphatic carbocycles. The molecule has 2 N–H and O–H groups in total. The summed E-state index contributed by atoms with van der Waals surface area (Å²) in [5.74, 6) is 0.266. The monoisotopic (exact) mass is 341 g/mol. The van der Waals surface area contributed by atoms with Gasteiger partial charge in [0, 0.05) is 12.7 Å². The van der Waals surface area contributed by atoms with E-state index in [0.29, 0.717) is 5.92 Å². The highest BCUT2D eigenvalue weighted by molar-refractivity contribution is 5.91. The summed E-state index contributed by atoms with van der Waals surface area (Å²) < 4.78 is 13.0. The van der Waals surface area contributed by atoms with Crippen LogP contribution in [0.25, 0.3) is 0 Å². The minimum atomic E-state index is -0.205. The van der Waals surface area contributed by atoms with Crippen LogP contribution in [0.3, 0.4) is 0 Å². The number of nitrogens with zero attached hydrogens (tertiary/aromatic N) is 1. The normalized spacial score (nSPS) is 20.1. The molecule has 0 radical (unpaired) electrons. The van der Waals surface area contributed by atoms with Gasteiger partial charge in [-0.15, -0.1) is 0 Å². The van der Waals surface area contributed by atoms with E-state index >= 15 is 0 Å². The van der Waals surface area contributed by atoms with E-state index in [-0.39, 0.29) is 18.0 Å². The molecule has 1 saturated heterocycles. The highest BCUT2D eigenvalue weighted by Crippen LogP contribution is 2.21. The SMILES string of the molecule is CN(C(=O)N[C@H]1C[C@@H](Cc2ccc(F)cc2)CCN1)c1ccccc1. The first-order chi connectivity index (χ1) is 12.1. The molecule has 2 aromatic rings. The maximum Gasteiger partial charge on any atom is 0.322 e. The van der Waals surface area contributed by atoms with Gasteiger partial charge in [-0.05, 0) is 61.6 Å². The second-order valence-electron chi connectivity index (χ2n) is 6.57. The summed E-state index contributed by atoms with van der Waals surface area (Å²) in [6.07, 6.45) is 2.78. The van der Waals surface area contributed by atoms with Gasteiger partial charge in [0.2, 0.25) is 0 Å². The molecule has 0 saturated carbocycles. The fourth-order valence-electron chi connectivity index (χ4n) is 3.26. The van der Waals surface area contributed by atoms with E-state index in [1.807, 2.05) is 42.5 Å². The van der Waals surface area contributed by atoms with E-state index in [1.165, 1.54) is 12.1 Å². The molecule has 1 heterocycles. The zero-order chi connectivity index (χ0) is 17.6. The summed E-state index contributed by atoms with van der Waals surface area (Å²) in [5, 5.41) is 6.42. The Bertz CT molecular complexity index is 690. The third-order valence-electron chi connectivity index (χ3n) is 4.70. The molecule has 0 aromatic heterocycles. The van der Waals surface area contributed by atoms with Gasteiger partial charge in [-0.2, -0.15) is 0 Å². The van der Waals surface area contributed by atoms with Gasteiger partial charge >= 0.3 is 6.03 Å². The average molecular weight is 341 g/mol. The van der Waals surface area contributed by atoms with Gasteiger partial charge in [-0.3, -0.25) is 10.2 Å². The van der Waals surface area contributed by atoms with Crippen molar-refractivity contribution in [2.45, 2.75) is 25.4 Å². The molecule has 2 aromatic carbocycles. The van der Waals surface area contributed by atoms with E-state index in [4.69, 9.17) is 0 Å². The summed E-state index contributed by atoms with van der Waals surface area (Å²) >= 11 is 0. The van der Waals surface area contributed by atoms with Crippen LogP contribution in [0.5, 0.6) is 0 Å². The zero-order valence-electron chi connectivity index (χ0n) is 14.4. The van der Waals surface area contributed by atoms with Crippen LogP contribution < -0.4 is 15.5 Å². The summed E-state index contributed by atoms with van der Waals surface area (Å²) in [7, 11) is 1.77. The van der Waals surface area contributed by atoms with Crippen molar-refractivity contribution in [3.8, 4) is 0 Å². The highest BCUT2D eigenvalue weighted by atomic mass is 19.1. The lowest BCUT2D eigenvalue weighted by Gasteiger charge is -2.32. The Morgan fingerprint density at radius 2 is 1.92 bits per heavy atom. The Morgan fingerprint density at radius 1 is 1.20 bits per heavy atom. The number of hydrogen-bond donors (Lipinski definition) is 2. The number of hydrogen-bond acceptors (Lipinski definition) is 2. The number of piperidine rings is 1. The van der Waals surface area contributed by atoms with Gasteiger partial charge < -0.3 is 5.32 Å². The predicted molar refractivity (Wildman–Crippen MR) is 98.0 cm³/mol. The molecular weight excluding hydrogens is 317 g/mol. The van der Waals surface area contributed by atoms with E-state index in [0.717, 1.165) is 37.1 Å². The molecule has 0 bridgehead atoms. The molecule has 5 heteroatoms. The number of anilines is 1. The first-order valence-corrected chi connectivity index (χ1v) is 8.69. The first-order valence-electron chi connectivity index (χ1n) is 8.69. The molecule has 1 aliphatic rings. The highest BCUT2D eigenvalue weighted by Gasteiger charge is 2.24. The Labute approximate surface area is 148 Å². The van der Waals surface area contributed by atoms with Crippen molar-refractivity contribution >= 4 is 11.7 Å². The second-order valence-corrected chi connectivity index (χ2v) is 6.57. The fraction of sp³-hybridized carbons (Fsp3) is 0.350. The molecule has 0 unspecified atom stereocenters. The quantitative estimate of drug-likeness (QED) is 0.893. The van der Waals surface area contributed by atoms with E-state index in [2.05, 4.69) is 10.6 Å². The van der Waals surface area contributed by atoms with Crippen molar-refractivity contribution in [1.29, 1.82) is 0 Å². The first kappa shape index (κ1) is 17.4. The van der Waals surface area contributed by atoms with Crippen LogP contribution in [0.1, 0.15) is 18.4 Å². The second kappa shape index (κ2) is 8.12. The van der Waals surface area contributed by atoms with Gasteiger partial charge in [0.15, 0.2) is 0 Å². The number of urea groups is 1. The van der Waals surface area contributed by atoms with Crippen LogP contribution in [-0.4, -0.2) is 25.8 Å². The molecule has 2 atom stereocenters. The molecular formula is C20H24FN3O. The molecule has 132 valence electrons. The number of nitrogens with one attached hydrogen (secondary N) is 2. The number of para-hydroxylation sites is 1. The molecule has 1 aliphatic heterocycles. The Balaban J connectivity index is 1.54. The summed E-state index contributed by atoms with van der Waals surface area (Å²) in [6, 6.07) is 16.1. The topological polar surface area (TPSA) is 44.4 Å². The lowest BCUT2D eigenvalue weighted by atomic mass is 9.89. The van der Waals surface area contributed by atoms with Gasteiger partial charge in [0.1, 0.15) is 5.82 Å². The maximum atomic E-state index is 13.0. The van der Waals surface area contributed by atoms with Crippen LogP contribution in [0, 0.1) is 11.7 Å². The van der Waals surface area contributed by atoms with Crippen LogP contribution in [-0.2, 0) is 6.42 Å². The number of halogens is 1. The van der Waals surface area contributed by atoms with Gasteiger partial charge in [-0.25, -0.2) is 9.18 Å². The number of amides is 2. The zero-order valence-corrected chi connectivity index (χ0v) is 14.4. The fourth-order valence-corrected chi connectivity index (χ4v) is 3.26. The van der Waals surface area contributed by atoms with Gasteiger partial charge in [-0.1, -0.05) is 30.3 Å². The molecule has 4 nitrogen and oxygen atoms in total. The number of rotatable bonds is 4. The minimum Gasteiger partial charge on any atom is -0.322 e. The van der Waals surface area contributed by atoms with Crippen molar-refractivity contribution in [3.63, 3.8) is 0 Å². The van der Waals surface area contributed by atoms with Gasteiger partial charge in [0.25, 0.3) is 0 Å². The Hall–Kier alpha value is -2.40. The van der Waals surface area contributed by atoms with Crippen molar-refractivity contribution in [2.75, 3.05) is 18.5 Å². The third kappa shape index (κ3) is 4.79. The summed E-state index contributed by atoms with van der Waals surface area (Å²) in [6.45, 7) is 0.867. The largest absolute Gasteiger partial charge is 0.322 e. The van der Waals surface area contributed by atoms with Crippen molar-refractivity contribution in [3.05, 3.63) is 66.0 Å². The standard InChI is InChI=1S/C20H24FN3O/c1-24(18-5-3-2-4-6-18)20(25)23-19-14-16(11-12-22-19)13-15-7-9-17(21)10-8-15/h2-10,16,19,22H,11-14H2,1H3,(H,23,25)/t16-,19+/m1/s1. The third-order valence-corrected chi connectivity index (χ3v) is 4.70. The molecule has 25 heavy (non-hydrogen) atoms. The minimum absolute atomic E-state index is 0.0436. The molecule has 1 fully saturated rings. The molecule has 0 spiro atoms. The predicted octanol–water partition coefficient (Wildman–Crippen LogP) is 3.54. The lowest BCUT2D eigenvalue weighted by molar-refractivity contribution is 0.226. The van der Waals surface area contributed by atoms with Crippen molar-refractivity contribution in [2.24, 2.45) is 5.92 Å².